The fourth-order valence-corrected chi connectivity index (χ4v) is 2.87. The second-order valence-corrected chi connectivity index (χ2v) is 6.12. The Morgan fingerprint density at radius 3 is 2.75 bits per heavy atom. The van der Waals surface area contributed by atoms with Gasteiger partial charge in [-0.3, -0.25) is 9.48 Å². The van der Waals surface area contributed by atoms with Gasteiger partial charge in [-0.05, 0) is 43.0 Å². The summed E-state index contributed by atoms with van der Waals surface area (Å²) in [6.45, 7) is -0.155. The molecule has 1 aliphatic rings. The number of aromatic nitrogens is 2. The number of rotatable bonds is 6. The molecule has 1 aliphatic carbocycles. The molecule has 0 radical (unpaired) electrons. The number of aliphatic hydroxyl groups is 1. The summed E-state index contributed by atoms with van der Waals surface area (Å²) in [7, 11) is 1.82. The maximum atomic E-state index is 12.8. The summed E-state index contributed by atoms with van der Waals surface area (Å²) < 4.78 is 19.9. The minimum atomic E-state index is -0.355. The van der Waals surface area contributed by atoms with E-state index in [1.54, 1.807) is 10.9 Å². The Bertz CT molecular complexity index is 695. The Hall–Kier alpha value is -2.41. The standard InChI is InChI=1S/C17H20FN3O3/c1-21-9-12(8-19-21)17(11-6-14(22)7-11)20-16(23)10-24-15-4-2-13(18)3-5-15/h2-5,8-9,11,14,17,22H,6-7,10H2,1H3,(H,20,23). The van der Waals surface area contributed by atoms with Crippen molar-refractivity contribution in [3.63, 3.8) is 0 Å². The maximum absolute atomic E-state index is 12.8. The number of ether oxygens (including phenoxy) is 1. The smallest absolute Gasteiger partial charge is 0.258 e. The molecule has 1 heterocycles. The first-order valence-electron chi connectivity index (χ1n) is 7.85. The van der Waals surface area contributed by atoms with Gasteiger partial charge in [0.1, 0.15) is 11.6 Å². The lowest BCUT2D eigenvalue weighted by atomic mass is 9.75. The van der Waals surface area contributed by atoms with Crippen molar-refractivity contribution < 1.29 is 19.0 Å². The highest BCUT2D eigenvalue weighted by Gasteiger charge is 2.36. The molecule has 3 rings (SSSR count). The van der Waals surface area contributed by atoms with Crippen molar-refractivity contribution in [3.05, 3.63) is 48.0 Å². The van der Waals surface area contributed by atoms with E-state index in [4.69, 9.17) is 4.74 Å². The predicted molar refractivity (Wildman–Crippen MR) is 84.7 cm³/mol. The minimum Gasteiger partial charge on any atom is -0.484 e. The van der Waals surface area contributed by atoms with Crippen LogP contribution in [0.5, 0.6) is 5.75 Å². The van der Waals surface area contributed by atoms with E-state index in [1.807, 2.05) is 13.2 Å². The first-order chi connectivity index (χ1) is 11.5. The van der Waals surface area contributed by atoms with Gasteiger partial charge in [0.2, 0.25) is 0 Å². The summed E-state index contributed by atoms with van der Waals surface area (Å²) >= 11 is 0. The van der Waals surface area contributed by atoms with Crippen LogP contribution < -0.4 is 10.1 Å². The number of hydrogen-bond acceptors (Lipinski definition) is 4. The Balaban J connectivity index is 1.59. The van der Waals surface area contributed by atoms with Gasteiger partial charge in [0, 0.05) is 18.8 Å². The molecule has 1 amide bonds. The number of amides is 1. The quantitative estimate of drug-likeness (QED) is 0.841. The number of aliphatic hydroxyl groups excluding tert-OH is 1. The Morgan fingerprint density at radius 1 is 1.46 bits per heavy atom. The summed E-state index contributed by atoms with van der Waals surface area (Å²) in [5.74, 6) is -0.0101. The third-order valence-electron chi connectivity index (χ3n) is 4.21. The molecule has 7 heteroatoms. The molecule has 128 valence electrons. The van der Waals surface area contributed by atoms with E-state index >= 15 is 0 Å². The molecular formula is C17H20FN3O3. The summed E-state index contributed by atoms with van der Waals surface area (Å²) in [4.78, 5) is 12.2. The summed E-state index contributed by atoms with van der Waals surface area (Å²) in [6.07, 6.45) is 4.58. The Morgan fingerprint density at radius 2 is 2.17 bits per heavy atom. The normalized spacial score (nSPS) is 21.0. The topological polar surface area (TPSA) is 76.4 Å². The maximum Gasteiger partial charge on any atom is 0.258 e. The van der Waals surface area contributed by atoms with Crippen molar-refractivity contribution in [3.8, 4) is 5.75 Å². The molecule has 1 atom stereocenters. The summed E-state index contributed by atoms with van der Waals surface area (Å²) in [5, 5.41) is 16.6. The molecule has 1 aromatic heterocycles. The molecule has 6 nitrogen and oxygen atoms in total. The van der Waals surface area contributed by atoms with Gasteiger partial charge in [-0.2, -0.15) is 5.10 Å². The highest BCUT2D eigenvalue weighted by Crippen LogP contribution is 2.37. The van der Waals surface area contributed by atoms with E-state index in [0.29, 0.717) is 18.6 Å². The second-order valence-electron chi connectivity index (χ2n) is 6.12. The van der Waals surface area contributed by atoms with Crippen LogP contribution in [0.25, 0.3) is 0 Å². The number of aryl methyl sites for hydroxylation is 1. The van der Waals surface area contributed by atoms with Crippen LogP contribution in [0.3, 0.4) is 0 Å². The molecular weight excluding hydrogens is 313 g/mol. The molecule has 1 fully saturated rings. The van der Waals surface area contributed by atoms with Crippen molar-refractivity contribution in [2.24, 2.45) is 13.0 Å². The van der Waals surface area contributed by atoms with Crippen molar-refractivity contribution in [1.82, 2.24) is 15.1 Å². The van der Waals surface area contributed by atoms with Crippen LogP contribution >= 0.6 is 0 Å². The number of benzene rings is 1. The number of nitrogens with one attached hydrogen (secondary N) is 1. The van der Waals surface area contributed by atoms with Crippen LogP contribution in [-0.2, 0) is 11.8 Å². The molecule has 0 aliphatic heterocycles. The van der Waals surface area contributed by atoms with Crippen molar-refractivity contribution >= 4 is 5.91 Å². The molecule has 0 bridgehead atoms. The lowest BCUT2D eigenvalue weighted by Gasteiger charge is -2.37. The second kappa shape index (κ2) is 7.00. The monoisotopic (exact) mass is 333 g/mol. The molecule has 1 unspecified atom stereocenters. The van der Waals surface area contributed by atoms with Crippen molar-refractivity contribution in [1.29, 1.82) is 0 Å². The molecule has 1 aromatic carbocycles. The summed E-state index contributed by atoms with van der Waals surface area (Å²) in [6, 6.07) is 5.31. The number of hydrogen-bond donors (Lipinski definition) is 2. The molecule has 2 aromatic rings. The lowest BCUT2D eigenvalue weighted by Crippen LogP contribution is -2.42. The van der Waals surface area contributed by atoms with Gasteiger partial charge in [-0.25, -0.2) is 4.39 Å². The molecule has 24 heavy (non-hydrogen) atoms. The number of nitrogens with zero attached hydrogens (tertiary/aromatic N) is 2. The lowest BCUT2D eigenvalue weighted by molar-refractivity contribution is -0.125. The molecule has 0 saturated heterocycles. The zero-order valence-electron chi connectivity index (χ0n) is 13.4. The zero-order valence-corrected chi connectivity index (χ0v) is 13.4. The molecule has 2 N–H and O–H groups in total. The van der Waals surface area contributed by atoms with Gasteiger partial charge in [-0.1, -0.05) is 0 Å². The van der Waals surface area contributed by atoms with E-state index in [0.717, 1.165) is 5.56 Å². The average molecular weight is 333 g/mol. The van der Waals surface area contributed by atoms with Crippen LogP contribution in [0.4, 0.5) is 4.39 Å². The Kier molecular flexibility index (Phi) is 4.80. The average Bonchev–Trinajstić information content (AvgIpc) is 2.96. The first kappa shape index (κ1) is 16.4. The fraction of sp³-hybridized carbons (Fsp3) is 0.412. The number of carbonyl (C=O) groups is 1. The van der Waals surface area contributed by atoms with E-state index in [1.165, 1.54) is 24.3 Å². The van der Waals surface area contributed by atoms with Crippen LogP contribution in [-0.4, -0.2) is 33.5 Å². The highest BCUT2D eigenvalue weighted by molar-refractivity contribution is 5.78. The van der Waals surface area contributed by atoms with E-state index in [9.17, 15) is 14.3 Å². The van der Waals surface area contributed by atoms with Gasteiger partial charge in [-0.15, -0.1) is 0 Å². The largest absolute Gasteiger partial charge is 0.484 e. The van der Waals surface area contributed by atoms with E-state index < -0.39 is 0 Å². The van der Waals surface area contributed by atoms with E-state index in [2.05, 4.69) is 10.4 Å². The van der Waals surface area contributed by atoms with Gasteiger partial charge in [0.25, 0.3) is 5.91 Å². The van der Waals surface area contributed by atoms with Crippen LogP contribution in [0.1, 0.15) is 24.4 Å². The van der Waals surface area contributed by atoms with Gasteiger partial charge in [0.15, 0.2) is 6.61 Å². The molecule has 0 spiro atoms. The first-order valence-corrected chi connectivity index (χ1v) is 7.85. The van der Waals surface area contributed by atoms with Gasteiger partial charge in [0.05, 0.1) is 18.3 Å². The molecule has 1 saturated carbocycles. The number of halogens is 1. The van der Waals surface area contributed by atoms with Crippen LogP contribution in [0.2, 0.25) is 0 Å². The van der Waals surface area contributed by atoms with Crippen molar-refractivity contribution in [2.75, 3.05) is 6.61 Å². The minimum absolute atomic E-state index is 0.155. The van der Waals surface area contributed by atoms with Crippen LogP contribution in [0, 0.1) is 11.7 Å². The van der Waals surface area contributed by atoms with Gasteiger partial charge >= 0.3 is 0 Å². The number of carbonyl (C=O) groups excluding carboxylic acids is 1. The van der Waals surface area contributed by atoms with Gasteiger partial charge < -0.3 is 15.2 Å². The highest BCUT2D eigenvalue weighted by atomic mass is 19.1. The third-order valence-corrected chi connectivity index (χ3v) is 4.21. The Labute approximate surface area is 139 Å². The SMILES string of the molecule is Cn1cc(C(NC(=O)COc2ccc(F)cc2)C2CC(O)C2)cn1. The zero-order chi connectivity index (χ0) is 17.1. The van der Waals surface area contributed by atoms with Crippen LogP contribution in [0.15, 0.2) is 36.7 Å². The predicted octanol–water partition coefficient (Wildman–Crippen LogP) is 1.57. The third kappa shape index (κ3) is 3.91. The summed E-state index contributed by atoms with van der Waals surface area (Å²) in [5.41, 5.74) is 0.907. The van der Waals surface area contributed by atoms with Crippen molar-refractivity contribution in [2.45, 2.75) is 25.0 Å². The fourth-order valence-electron chi connectivity index (χ4n) is 2.87. The van der Waals surface area contributed by atoms with E-state index in [-0.39, 0.29) is 36.4 Å².